The highest BCUT2D eigenvalue weighted by Gasteiger charge is 2.33. The number of hydrogen-bond acceptors (Lipinski definition) is 3. The van der Waals surface area contributed by atoms with Gasteiger partial charge in [-0.15, -0.1) is 0 Å². The Kier molecular flexibility index (Phi) is 5.45. The molecule has 120 valence electrons. The van der Waals surface area contributed by atoms with Gasteiger partial charge in [-0.05, 0) is 38.0 Å². The number of carboxylic acid groups (broad SMARTS) is 1. The summed E-state index contributed by atoms with van der Waals surface area (Å²) in [5, 5.41) is 18.6. The van der Waals surface area contributed by atoms with Crippen LogP contribution >= 0.6 is 0 Å². The predicted octanol–water partition coefficient (Wildman–Crippen LogP) is 1.53. The number of urea groups is 1. The summed E-state index contributed by atoms with van der Waals surface area (Å²) in [5.41, 5.74) is 0. The zero-order valence-electron chi connectivity index (χ0n) is 12.7. The molecule has 2 rings (SSSR count). The summed E-state index contributed by atoms with van der Waals surface area (Å²) in [7, 11) is 0. The number of carbonyl (C=O) groups is 2. The Labute approximate surface area is 125 Å². The number of nitrogens with zero attached hydrogens (tertiary/aromatic N) is 2. The lowest BCUT2D eigenvalue weighted by molar-refractivity contribution is -0.137. The van der Waals surface area contributed by atoms with Gasteiger partial charge in [-0.25, -0.2) is 4.79 Å². The molecule has 0 radical (unpaired) electrons. The van der Waals surface area contributed by atoms with Crippen molar-refractivity contribution in [1.29, 1.82) is 0 Å². The van der Waals surface area contributed by atoms with Crippen molar-refractivity contribution in [2.45, 2.75) is 57.6 Å². The number of piperidine rings is 2. The summed E-state index contributed by atoms with van der Waals surface area (Å²) in [6, 6.07) is 0.0633. The van der Waals surface area contributed by atoms with E-state index in [-0.39, 0.29) is 30.5 Å². The lowest BCUT2D eigenvalue weighted by Gasteiger charge is -2.42. The van der Waals surface area contributed by atoms with Crippen molar-refractivity contribution in [3.8, 4) is 0 Å². The first-order valence-corrected chi connectivity index (χ1v) is 7.94. The molecule has 6 heteroatoms. The van der Waals surface area contributed by atoms with E-state index in [0.717, 1.165) is 25.8 Å². The Hall–Kier alpha value is -1.30. The van der Waals surface area contributed by atoms with Crippen LogP contribution in [0.3, 0.4) is 0 Å². The maximum atomic E-state index is 12.7. The molecule has 2 saturated heterocycles. The second kappa shape index (κ2) is 7.11. The third-order valence-corrected chi connectivity index (χ3v) is 4.69. The molecule has 2 N–H and O–H groups in total. The molecule has 0 bridgehead atoms. The van der Waals surface area contributed by atoms with Crippen LogP contribution in [0.2, 0.25) is 0 Å². The minimum absolute atomic E-state index is 0.0174. The van der Waals surface area contributed by atoms with E-state index < -0.39 is 5.97 Å². The Balaban J connectivity index is 1.96. The van der Waals surface area contributed by atoms with Gasteiger partial charge in [0.15, 0.2) is 0 Å². The van der Waals surface area contributed by atoms with Crippen LogP contribution in [0.15, 0.2) is 0 Å². The topological polar surface area (TPSA) is 81.1 Å². The van der Waals surface area contributed by atoms with Crippen molar-refractivity contribution in [3.05, 3.63) is 0 Å². The molecule has 2 aliphatic heterocycles. The van der Waals surface area contributed by atoms with Crippen molar-refractivity contribution in [1.82, 2.24) is 9.80 Å². The van der Waals surface area contributed by atoms with E-state index in [9.17, 15) is 14.7 Å². The Morgan fingerprint density at radius 1 is 1.19 bits per heavy atom. The van der Waals surface area contributed by atoms with Crippen LogP contribution in [0.1, 0.15) is 45.4 Å². The minimum atomic E-state index is -0.803. The first kappa shape index (κ1) is 16.1. The highest BCUT2D eigenvalue weighted by Crippen LogP contribution is 2.24. The van der Waals surface area contributed by atoms with E-state index in [2.05, 4.69) is 0 Å². The van der Waals surface area contributed by atoms with Crippen LogP contribution in [-0.2, 0) is 4.79 Å². The minimum Gasteiger partial charge on any atom is -0.481 e. The lowest BCUT2D eigenvalue weighted by Crippen LogP contribution is -2.54. The summed E-state index contributed by atoms with van der Waals surface area (Å²) >= 11 is 0. The third kappa shape index (κ3) is 4.09. The molecule has 0 saturated carbocycles. The number of likely N-dealkylation sites (tertiary alicyclic amines) is 2. The molecule has 0 aromatic heterocycles. The zero-order chi connectivity index (χ0) is 15.4. The fraction of sp³-hybridized carbons (Fsp3) is 0.867. The molecule has 0 aromatic rings. The van der Waals surface area contributed by atoms with E-state index in [4.69, 9.17) is 5.11 Å². The number of carbonyl (C=O) groups excluding carboxylic acids is 1. The molecule has 2 heterocycles. The maximum Gasteiger partial charge on any atom is 0.320 e. The smallest absolute Gasteiger partial charge is 0.320 e. The molecule has 0 spiro atoms. The van der Waals surface area contributed by atoms with E-state index in [0.29, 0.717) is 25.9 Å². The monoisotopic (exact) mass is 298 g/mol. The highest BCUT2D eigenvalue weighted by molar-refractivity contribution is 5.75. The van der Waals surface area contributed by atoms with E-state index in [1.165, 1.54) is 0 Å². The van der Waals surface area contributed by atoms with Crippen LogP contribution in [0.25, 0.3) is 0 Å². The Bertz CT molecular complexity index is 388. The first-order valence-electron chi connectivity index (χ1n) is 7.94. The average Bonchev–Trinajstić information content (AvgIpc) is 2.47. The second-order valence-electron chi connectivity index (χ2n) is 6.34. The van der Waals surface area contributed by atoms with Crippen molar-refractivity contribution in [3.63, 3.8) is 0 Å². The van der Waals surface area contributed by atoms with Crippen LogP contribution in [-0.4, -0.2) is 63.8 Å². The van der Waals surface area contributed by atoms with Crippen LogP contribution in [0, 0.1) is 5.92 Å². The summed E-state index contributed by atoms with van der Waals surface area (Å²) < 4.78 is 0. The van der Waals surface area contributed by atoms with Gasteiger partial charge in [-0.3, -0.25) is 4.79 Å². The number of hydrogen-bond donors (Lipinski definition) is 2. The van der Waals surface area contributed by atoms with Gasteiger partial charge >= 0.3 is 12.0 Å². The number of rotatable bonds is 3. The Morgan fingerprint density at radius 3 is 2.62 bits per heavy atom. The number of carboxylic acids is 1. The van der Waals surface area contributed by atoms with Crippen molar-refractivity contribution < 1.29 is 19.8 Å². The van der Waals surface area contributed by atoms with Gasteiger partial charge in [0.05, 0.1) is 6.10 Å². The van der Waals surface area contributed by atoms with Gasteiger partial charge in [0.1, 0.15) is 0 Å². The summed E-state index contributed by atoms with van der Waals surface area (Å²) in [6.07, 6.45) is 3.89. The fourth-order valence-electron chi connectivity index (χ4n) is 3.33. The maximum absolute atomic E-state index is 12.7. The molecule has 0 aromatic carbocycles. The summed E-state index contributed by atoms with van der Waals surface area (Å²) in [4.78, 5) is 27.1. The number of aliphatic hydroxyl groups is 1. The molecule has 2 fully saturated rings. The zero-order valence-corrected chi connectivity index (χ0v) is 12.7. The molecular weight excluding hydrogens is 272 g/mol. The number of amides is 2. The second-order valence-corrected chi connectivity index (χ2v) is 6.34. The van der Waals surface area contributed by atoms with Gasteiger partial charge in [-0.2, -0.15) is 0 Å². The van der Waals surface area contributed by atoms with E-state index in [1.54, 1.807) is 0 Å². The quantitative estimate of drug-likeness (QED) is 0.828. The molecule has 0 aliphatic carbocycles. The standard InChI is InChI=1S/C15H26N2O4/c1-11-10-16(9-7-13(11)18)15(21)17-8-3-2-4-12(17)5-6-14(19)20/h11-13,18H,2-10H2,1H3,(H,19,20). The first-order chi connectivity index (χ1) is 9.99. The van der Waals surface area contributed by atoms with Gasteiger partial charge in [-0.1, -0.05) is 6.92 Å². The average molecular weight is 298 g/mol. The van der Waals surface area contributed by atoms with Crippen LogP contribution in [0.4, 0.5) is 4.79 Å². The van der Waals surface area contributed by atoms with E-state index in [1.807, 2.05) is 16.7 Å². The van der Waals surface area contributed by atoms with Crippen molar-refractivity contribution >= 4 is 12.0 Å². The third-order valence-electron chi connectivity index (χ3n) is 4.69. The highest BCUT2D eigenvalue weighted by atomic mass is 16.4. The van der Waals surface area contributed by atoms with Gasteiger partial charge in [0.25, 0.3) is 0 Å². The van der Waals surface area contributed by atoms with E-state index >= 15 is 0 Å². The van der Waals surface area contributed by atoms with Gasteiger partial charge < -0.3 is 20.0 Å². The van der Waals surface area contributed by atoms with Crippen molar-refractivity contribution in [2.75, 3.05) is 19.6 Å². The normalized spacial score (nSPS) is 30.3. The summed E-state index contributed by atoms with van der Waals surface area (Å²) in [6.45, 7) is 3.85. The van der Waals surface area contributed by atoms with Crippen molar-refractivity contribution in [2.24, 2.45) is 5.92 Å². The summed E-state index contributed by atoms with van der Waals surface area (Å²) in [5.74, 6) is -0.701. The largest absolute Gasteiger partial charge is 0.481 e. The molecule has 2 amide bonds. The number of aliphatic hydroxyl groups excluding tert-OH is 1. The predicted molar refractivity (Wildman–Crippen MR) is 78.0 cm³/mol. The molecule has 21 heavy (non-hydrogen) atoms. The molecule has 2 aliphatic rings. The molecule has 3 atom stereocenters. The fourth-order valence-corrected chi connectivity index (χ4v) is 3.33. The van der Waals surface area contributed by atoms with Crippen LogP contribution in [0.5, 0.6) is 0 Å². The molecular formula is C15H26N2O4. The SMILES string of the molecule is CC1CN(C(=O)N2CCCCC2CCC(=O)O)CCC1O. The van der Waals surface area contributed by atoms with Gasteiger partial charge in [0.2, 0.25) is 0 Å². The Morgan fingerprint density at radius 2 is 1.95 bits per heavy atom. The van der Waals surface area contributed by atoms with Gasteiger partial charge in [0, 0.05) is 32.1 Å². The lowest BCUT2D eigenvalue weighted by atomic mass is 9.96. The van der Waals surface area contributed by atoms with Crippen LogP contribution < -0.4 is 0 Å². The number of aliphatic carboxylic acids is 1. The molecule has 3 unspecified atom stereocenters. The molecule has 6 nitrogen and oxygen atoms in total.